The van der Waals surface area contributed by atoms with E-state index >= 15 is 0 Å². The minimum atomic E-state index is -0.293. The number of aromatic hydroxyl groups is 1. The van der Waals surface area contributed by atoms with E-state index in [2.05, 4.69) is 5.32 Å². The van der Waals surface area contributed by atoms with E-state index in [1.807, 2.05) is 6.07 Å². The van der Waals surface area contributed by atoms with E-state index in [0.717, 1.165) is 24.0 Å². The number of nitrogens with one attached hydrogen (secondary N) is 1. The van der Waals surface area contributed by atoms with Crippen LogP contribution in [0.5, 0.6) is 11.5 Å². The van der Waals surface area contributed by atoms with Crippen molar-refractivity contribution in [2.45, 2.75) is 18.9 Å². The number of phenolic OH excluding ortho intramolecular Hbond substituents is 1. The molecule has 0 saturated carbocycles. The Hall–Kier alpha value is -2.23. The lowest BCUT2D eigenvalue weighted by Crippen LogP contribution is -2.08. The second kappa shape index (κ2) is 5.04. The van der Waals surface area contributed by atoms with Gasteiger partial charge < -0.3 is 15.2 Å². The highest BCUT2D eigenvalue weighted by Crippen LogP contribution is 2.36. The molecule has 2 aromatic carbocycles. The first-order valence-corrected chi connectivity index (χ1v) is 6.59. The molecule has 0 bridgehead atoms. The van der Waals surface area contributed by atoms with Crippen LogP contribution in [-0.4, -0.2) is 12.2 Å². The van der Waals surface area contributed by atoms with Crippen LogP contribution in [0, 0.1) is 5.82 Å². The smallest absolute Gasteiger partial charge is 0.146 e. The Labute approximate surface area is 117 Å². The van der Waals surface area contributed by atoms with Crippen LogP contribution >= 0.6 is 0 Å². The minimum Gasteiger partial charge on any atom is -0.508 e. The summed E-state index contributed by atoms with van der Waals surface area (Å²) in [6, 6.07) is 10.1. The van der Waals surface area contributed by atoms with Gasteiger partial charge in [-0.1, -0.05) is 6.07 Å². The number of ether oxygens (including phenoxy) is 1. The average Bonchev–Trinajstić information content (AvgIpc) is 2.83. The zero-order chi connectivity index (χ0) is 14.1. The van der Waals surface area contributed by atoms with Crippen LogP contribution < -0.4 is 10.1 Å². The first kappa shape index (κ1) is 12.8. The lowest BCUT2D eigenvalue weighted by atomic mass is 10.1. The van der Waals surface area contributed by atoms with Gasteiger partial charge in [0.2, 0.25) is 0 Å². The molecule has 20 heavy (non-hydrogen) atoms. The monoisotopic (exact) mass is 273 g/mol. The molecule has 1 aliphatic carbocycles. The second-order valence-electron chi connectivity index (χ2n) is 4.96. The van der Waals surface area contributed by atoms with Gasteiger partial charge in [-0.3, -0.25) is 0 Å². The van der Waals surface area contributed by atoms with Gasteiger partial charge >= 0.3 is 0 Å². The van der Waals surface area contributed by atoms with Gasteiger partial charge in [0.1, 0.15) is 17.3 Å². The van der Waals surface area contributed by atoms with E-state index in [9.17, 15) is 9.50 Å². The molecule has 1 atom stereocenters. The average molecular weight is 273 g/mol. The molecule has 3 rings (SSSR count). The van der Waals surface area contributed by atoms with Gasteiger partial charge in [0.25, 0.3) is 0 Å². The van der Waals surface area contributed by atoms with E-state index in [-0.39, 0.29) is 17.6 Å². The first-order chi connectivity index (χ1) is 9.67. The molecule has 2 aromatic rings. The Bertz CT molecular complexity index is 642. The van der Waals surface area contributed by atoms with Crippen LogP contribution in [-0.2, 0) is 6.42 Å². The molecule has 3 nitrogen and oxygen atoms in total. The third-order valence-electron chi connectivity index (χ3n) is 3.71. The van der Waals surface area contributed by atoms with Crippen molar-refractivity contribution in [2.24, 2.45) is 0 Å². The maximum atomic E-state index is 13.8. The highest BCUT2D eigenvalue weighted by Gasteiger charge is 2.23. The molecule has 0 heterocycles. The molecular weight excluding hydrogens is 257 g/mol. The highest BCUT2D eigenvalue weighted by molar-refractivity contribution is 5.53. The number of hydrogen-bond donors (Lipinski definition) is 2. The Morgan fingerprint density at radius 2 is 2.10 bits per heavy atom. The molecular formula is C16H16FNO2. The van der Waals surface area contributed by atoms with Gasteiger partial charge in [0.15, 0.2) is 0 Å². The molecule has 1 unspecified atom stereocenters. The Balaban J connectivity index is 1.87. The van der Waals surface area contributed by atoms with Gasteiger partial charge in [0.05, 0.1) is 18.8 Å². The van der Waals surface area contributed by atoms with Gasteiger partial charge in [-0.05, 0) is 48.2 Å². The molecule has 1 aliphatic rings. The van der Waals surface area contributed by atoms with Crippen molar-refractivity contribution in [3.63, 3.8) is 0 Å². The molecule has 104 valence electrons. The van der Waals surface area contributed by atoms with Crippen molar-refractivity contribution < 1.29 is 14.2 Å². The number of methoxy groups -OCH3 is 1. The molecule has 0 amide bonds. The zero-order valence-corrected chi connectivity index (χ0v) is 11.2. The number of halogens is 1. The summed E-state index contributed by atoms with van der Waals surface area (Å²) in [5.74, 6) is 0.604. The van der Waals surface area contributed by atoms with Crippen molar-refractivity contribution in [2.75, 3.05) is 12.4 Å². The summed E-state index contributed by atoms with van der Waals surface area (Å²) in [5, 5.41) is 12.7. The molecule has 4 heteroatoms. The maximum Gasteiger partial charge on any atom is 0.146 e. The standard InChI is InChI=1S/C16H16FNO2/c1-20-12-4-6-14(17)16(9-12)18-15-7-2-10-8-11(19)3-5-13(10)15/h3-6,8-9,15,18-19H,2,7H2,1H3. The summed E-state index contributed by atoms with van der Waals surface area (Å²) >= 11 is 0. The van der Waals surface area contributed by atoms with Crippen LogP contribution in [0.4, 0.5) is 10.1 Å². The minimum absolute atomic E-state index is 0.0622. The third kappa shape index (κ3) is 2.29. The summed E-state index contributed by atoms with van der Waals surface area (Å²) in [7, 11) is 1.56. The Morgan fingerprint density at radius 1 is 1.25 bits per heavy atom. The Morgan fingerprint density at radius 3 is 2.90 bits per heavy atom. The number of rotatable bonds is 3. The van der Waals surface area contributed by atoms with Crippen molar-refractivity contribution >= 4 is 5.69 Å². The number of phenols is 1. The fourth-order valence-electron chi connectivity index (χ4n) is 2.68. The number of anilines is 1. The Kier molecular flexibility index (Phi) is 3.22. The normalized spacial score (nSPS) is 16.8. The summed E-state index contributed by atoms with van der Waals surface area (Å²) in [6.45, 7) is 0. The van der Waals surface area contributed by atoms with Crippen molar-refractivity contribution in [1.29, 1.82) is 0 Å². The lowest BCUT2D eigenvalue weighted by Gasteiger charge is -2.17. The highest BCUT2D eigenvalue weighted by atomic mass is 19.1. The van der Waals surface area contributed by atoms with E-state index in [0.29, 0.717) is 11.4 Å². The van der Waals surface area contributed by atoms with E-state index in [1.54, 1.807) is 31.4 Å². The quantitative estimate of drug-likeness (QED) is 0.897. The number of hydrogen-bond acceptors (Lipinski definition) is 3. The molecule has 0 aromatic heterocycles. The van der Waals surface area contributed by atoms with Crippen molar-refractivity contribution in [3.05, 3.63) is 53.3 Å². The fraction of sp³-hybridized carbons (Fsp3) is 0.250. The maximum absolute atomic E-state index is 13.8. The van der Waals surface area contributed by atoms with Gasteiger partial charge in [-0.25, -0.2) is 4.39 Å². The summed E-state index contributed by atoms with van der Waals surface area (Å²) in [5.41, 5.74) is 2.67. The predicted octanol–water partition coefficient (Wildman–Crippen LogP) is 3.64. The van der Waals surface area contributed by atoms with Gasteiger partial charge in [-0.15, -0.1) is 0 Å². The van der Waals surface area contributed by atoms with Gasteiger partial charge in [-0.2, -0.15) is 0 Å². The van der Waals surface area contributed by atoms with E-state index < -0.39 is 0 Å². The zero-order valence-electron chi connectivity index (χ0n) is 11.2. The summed E-state index contributed by atoms with van der Waals surface area (Å²) < 4.78 is 19.0. The van der Waals surface area contributed by atoms with Crippen LogP contribution in [0.1, 0.15) is 23.6 Å². The lowest BCUT2D eigenvalue weighted by molar-refractivity contribution is 0.414. The SMILES string of the molecule is COc1ccc(F)c(NC2CCc3cc(O)ccc32)c1. The molecule has 0 spiro atoms. The van der Waals surface area contributed by atoms with Crippen LogP contribution in [0.15, 0.2) is 36.4 Å². The van der Waals surface area contributed by atoms with Crippen molar-refractivity contribution in [1.82, 2.24) is 0 Å². The van der Waals surface area contributed by atoms with Gasteiger partial charge in [0, 0.05) is 6.07 Å². The molecule has 0 saturated heterocycles. The van der Waals surface area contributed by atoms with Crippen LogP contribution in [0.25, 0.3) is 0 Å². The third-order valence-corrected chi connectivity index (χ3v) is 3.71. The van der Waals surface area contributed by atoms with E-state index in [1.165, 1.54) is 6.07 Å². The molecule has 0 radical (unpaired) electrons. The first-order valence-electron chi connectivity index (χ1n) is 6.59. The molecule has 0 aliphatic heterocycles. The largest absolute Gasteiger partial charge is 0.508 e. The summed E-state index contributed by atoms with van der Waals surface area (Å²) in [6.07, 6.45) is 1.77. The van der Waals surface area contributed by atoms with Crippen molar-refractivity contribution in [3.8, 4) is 11.5 Å². The fourth-order valence-corrected chi connectivity index (χ4v) is 2.68. The van der Waals surface area contributed by atoms with E-state index in [4.69, 9.17) is 4.74 Å². The van der Waals surface area contributed by atoms with Crippen LogP contribution in [0.3, 0.4) is 0 Å². The predicted molar refractivity (Wildman–Crippen MR) is 75.7 cm³/mol. The number of aryl methyl sites for hydroxylation is 1. The number of fused-ring (bicyclic) bond motifs is 1. The second-order valence-corrected chi connectivity index (χ2v) is 4.96. The summed E-state index contributed by atoms with van der Waals surface area (Å²) in [4.78, 5) is 0. The molecule has 0 fully saturated rings. The topological polar surface area (TPSA) is 41.5 Å². The van der Waals surface area contributed by atoms with Crippen LogP contribution in [0.2, 0.25) is 0 Å². The molecule has 2 N–H and O–H groups in total. The number of benzene rings is 2.